The molecule has 4 aromatic rings. The van der Waals surface area contributed by atoms with E-state index in [1.54, 1.807) is 37.4 Å². The molecule has 42 heavy (non-hydrogen) atoms. The summed E-state index contributed by atoms with van der Waals surface area (Å²) in [5.41, 5.74) is 4.05. The maximum atomic E-state index is 13.5. The number of halogens is 2. The SMILES string of the molecule is COc1ccccc1N1CCN(c2ccc(NC(=O)Nc3c(Cl)cccc3Cl)cc2C(=O)NCc2ccccc2)CC1. The molecule has 0 saturated carbocycles. The molecule has 0 bridgehead atoms. The number of amides is 3. The Morgan fingerprint density at radius 3 is 2.10 bits per heavy atom. The van der Waals surface area contributed by atoms with Crippen molar-refractivity contribution in [1.82, 2.24) is 5.32 Å². The summed E-state index contributed by atoms with van der Waals surface area (Å²) in [6, 6.07) is 27.5. The van der Waals surface area contributed by atoms with Gasteiger partial charge >= 0.3 is 6.03 Å². The lowest BCUT2D eigenvalue weighted by atomic mass is 10.1. The zero-order valence-corrected chi connectivity index (χ0v) is 24.6. The molecule has 3 amide bonds. The third-order valence-corrected chi connectivity index (χ3v) is 7.67. The van der Waals surface area contributed by atoms with Crippen LogP contribution < -0.4 is 30.5 Å². The Morgan fingerprint density at radius 1 is 0.762 bits per heavy atom. The second kappa shape index (κ2) is 13.5. The standard InChI is InChI=1S/C32H31Cl2N5O3/c1-42-29-13-6-5-12-28(29)39-18-16-38(17-19-39)27-15-14-23(36-32(41)37-30-25(33)10-7-11-26(30)34)20-24(27)31(40)35-21-22-8-3-2-4-9-22/h2-15,20H,16-19,21H2,1H3,(H,35,40)(H2,36,37,41). The predicted octanol–water partition coefficient (Wildman–Crippen LogP) is 6.90. The Bertz CT molecular complexity index is 1540. The van der Waals surface area contributed by atoms with Gasteiger partial charge in [-0.05, 0) is 48.0 Å². The van der Waals surface area contributed by atoms with Crippen LogP contribution in [0.15, 0.2) is 91.0 Å². The number of hydrogen-bond acceptors (Lipinski definition) is 5. The van der Waals surface area contributed by atoms with E-state index in [4.69, 9.17) is 27.9 Å². The summed E-state index contributed by atoms with van der Waals surface area (Å²) in [6.45, 7) is 3.30. The molecular formula is C32H31Cl2N5O3. The number of para-hydroxylation sites is 3. The molecular weight excluding hydrogens is 573 g/mol. The zero-order valence-electron chi connectivity index (χ0n) is 23.1. The van der Waals surface area contributed by atoms with Crippen LogP contribution in [-0.4, -0.2) is 45.2 Å². The van der Waals surface area contributed by atoms with Gasteiger partial charge in [-0.2, -0.15) is 0 Å². The topological polar surface area (TPSA) is 85.9 Å². The molecule has 1 aliphatic heterocycles. The first-order valence-corrected chi connectivity index (χ1v) is 14.3. The van der Waals surface area contributed by atoms with Gasteiger partial charge < -0.3 is 30.5 Å². The number of nitrogens with zero attached hydrogens (tertiary/aromatic N) is 2. The summed E-state index contributed by atoms with van der Waals surface area (Å²) in [5.74, 6) is 0.595. The number of ether oxygens (including phenoxy) is 1. The van der Waals surface area contributed by atoms with Gasteiger partial charge in [0, 0.05) is 44.1 Å². The van der Waals surface area contributed by atoms with Gasteiger partial charge in [-0.15, -0.1) is 0 Å². The normalized spacial score (nSPS) is 12.9. The quantitative estimate of drug-likeness (QED) is 0.204. The lowest BCUT2D eigenvalue weighted by Gasteiger charge is -2.38. The molecule has 3 N–H and O–H groups in total. The van der Waals surface area contributed by atoms with Crippen LogP contribution in [0, 0.1) is 0 Å². The summed E-state index contributed by atoms with van der Waals surface area (Å²) < 4.78 is 5.56. The van der Waals surface area contributed by atoms with E-state index >= 15 is 0 Å². The lowest BCUT2D eigenvalue weighted by Crippen LogP contribution is -2.47. The van der Waals surface area contributed by atoms with Crippen LogP contribution in [0.2, 0.25) is 10.0 Å². The fourth-order valence-corrected chi connectivity index (χ4v) is 5.41. The summed E-state index contributed by atoms with van der Waals surface area (Å²) in [4.78, 5) is 30.8. The van der Waals surface area contributed by atoms with Gasteiger partial charge in [-0.3, -0.25) is 4.79 Å². The molecule has 1 saturated heterocycles. The minimum Gasteiger partial charge on any atom is -0.495 e. The molecule has 0 atom stereocenters. The van der Waals surface area contributed by atoms with E-state index in [9.17, 15) is 9.59 Å². The number of anilines is 4. The highest BCUT2D eigenvalue weighted by atomic mass is 35.5. The molecule has 0 spiro atoms. The van der Waals surface area contributed by atoms with Gasteiger partial charge in [0.05, 0.1) is 34.1 Å². The molecule has 1 heterocycles. The van der Waals surface area contributed by atoms with E-state index in [-0.39, 0.29) is 5.91 Å². The molecule has 5 rings (SSSR count). The Hall–Kier alpha value is -4.40. The van der Waals surface area contributed by atoms with Crippen LogP contribution in [0.5, 0.6) is 5.75 Å². The fraction of sp³-hybridized carbons (Fsp3) is 0.188. The Labute approximate surface area is 255 Å². The van der Waals surface area contributed by atoms with Crippen molar-refractivity contribution in [2.24, 2.45) is 0 Å². The van der Waals surface area contributed by atoms with E-state index in [1.807, 2.05) is 54.6 Å². The number of benzene rings is 4. The molecule has 216 valence electrons. The summed E-state index contributed by atoms with van der Waals surface area (Å²) >= 11 is 12.4. The average Bonchev–Trinajstić information content (AvgIpc) is 3.02. The van der Waals surface area contributed by atoms with Gasteiger partial charge in [0.15, 0.2) is 0 Å². The van der Waals surface area contributed by atoms with Crippen LogP contribution >= 0.6 is 23.2 Å². The van der Waals surface area contributed by atoms with Gasteiger partial charge in [0.25, 0.3) is 5.91 Å². The van der Waals surface area contributed by atoms with E-state index in [0.29, 0.717) is 46.6 Å². The molecule has 0 unspecified atom stereocenters. The van der Waals surface area contributed by atoms with Crippen LogP contribution in [0.1, 0.15) is 15.9 Å². The maximum Gasteiger partial charge on any atom is 0.323 e. The fourth-order valence-electron chi connectivity index (χ4n) is 4.92. The maximum absolute atomic E-state index is 13.5. The van der Waals surface area contributed by atoms with Crippen molar-refractivity contribution >= 4 is 57.9 Å². The first-order valence-electron chi connectivity index (χ1n) is 13.5. The Balaban J connectivity index is 1.35. The van der Waals surface area contributed by atoms with Gasteiger partial charge in [0.1, 0.15) is 5.75 Å². The number of hydrogen-bond donors (Lipinski definition) is 3. The van der Waals surface area contributed by atoms with E-state index in [0.717, 1.165) is 35.8 Å². The van der Waals surface area contributed by atoms with Crippen LogP contribution in [0.4, 0.5) is 27.5 Å². The number of carbonyl (C=O) groups is 2. The number of rotatable bonds is 8. The number of carbonyl (C=O) groups excluding carboxylic acids is 2. The number of urea groups is 1. The van der Waals surface area contributed by atoms with Crippen molar-refractivity contribution in [3.8, 4) is 5.75 Å². The predicted molar refractivity (Wildman–Crippen MR) is 171 cm³/mol. The molecule has 1 fully saturated rings. The second-order valence-corrected chi connectivity index (χ2v) is 10.5. The number of nitrogens with one attached hydrogen (secondary N) is 3. The highest BCUT2D eigenvalue weighted by Gasteiger charge is 2.24. The van der Waals surface area contributed by atoms with Gasteiger partial charge in [-0.1, -0.05) is 71.7 Å². The van der Waals surface area contributed by atoms with Crippen LogP contribution in [0.25, 0.3) is 0 Å². The Morgan fingerprint density at radius 2 is 1.40 bits per heavy atom. The molecule has 8 nitrogen and oxygen atoms in total. The summed E-state index contributed by atoms with van der Waals surface area (Å²) in [5, 5.41) is 9.15. The average molecular weight is 605 g/mol. The molecule has 0 radical (unpaired) electrons. The lowest BCUT2D eigenvalue weighted by molar-refractivity contribution is 0.0951. The van der Waals surface area contributed by atoms with Gasteiger partial charge in [0.2, 0.25) is 0 Å². The van der Waals surface area contributed by atoms with Crippen molar-refractivity contribution in [2.45, 2.75) is 6.54 Å². The van der Waals surface area contributed by atoms with Gasteiger partial charge in [-0.25, -0.2) is 4.79 Å². The largest absolute Gasteiger partial charge is 0.495 e. The minimum atomic E-state index is -0.529. The van der Waals surface area contributed by atoms with Crippen LogP contribution in [0.3, 0.4) is 0 Å². The van der Waals surface area contributed by atoms with Crippen molar-refractivity contribution in [3.05, 3.63) is 112 Å². The third-order valence-electron chi connectivity index (χ3n) is 7.04. The van der Waals surface area contributed by atoms with Crippen molar-refractivity contribution < 1.29 is 14.3 Å². The second-order valence-electron chi connectivity index (χ2n) is 9.72. The number of piperazine rings is 1. The van der Waals surface area contributed by atoms with E-state index in [1.165, 1.54) is 0 Å². The third kappa shape index (κ3) is 6.90. The van der Waals surface area contributed by atoms with Crippen LogP contribution in [-0.2, 0) is 6.54 Å². The van der Waals surface area contributed by atoms with E-state index < -0.39 is 6.03 Å². The molecule has 1 aliphatic rings. The monoisotopic (exact) mass is 603 g/mol. The smallest absolute Gasteiger partial charge is 0.323 e. The summed E-state index contributed by atoms with van der Waals surface area (Å²) in [7, 11) is 1.67. The highest BCUT2D eigenvalue weighted by Crippen LogP contribution is 2.32. The van der Waals surface area contributed by atoms with Crippen molar-refractivity contribution in [3.63, 3.8) is 0 Å². The van der Waals surface area contributed by atoms with Crippen molar-refractivity contribution in [2.75, 3.05) is 53.7 Å². The molecule has 0 aliphatic carbocycles. The number of methoxy groups -OCH3 is 1. The Kier molecular flexibility index (Phi) is 9.36. The first kappa shape index (κ1) is 29.1. The summed E-state index contributed by atoms with van der Waals surface area (Å²) in [6.07, 6.45) is 0. The molecule has 10 heteroatoms. The molecule has 4 aromatic carbocycles. The zero-order chi connectivity index (χ0) is 29.5. The van der Waals surface area contributed by atoms with Crippen molar-refractivity contribution in [1.29, 1.82) is 0 Å². The molecule has 0 aromatic heterocycles. The first-order chi connectivity index (χ1) is 20.4. The van der Waals surface area contributed by atoms with E-state index in [2.05, 4.69) is 31.8 Å². The highest BCUT2D eigenvalue weighted by molar-refractivity contribution is 6.39. The minimum absolute atomic E-state index is 0.237.